The molecule has 0 rings (SSSR count). The molecule has 0 aromatic carbocycles. The highest BCUT2D eigenvalue weighted by molar-refractivity contribution is 4.76. The van der Waals surface area contributed by atoms with Crippen LogP contribution in [0.5, 0.6) is 0 Å². The first kappa shape index (κ1) is 11.5. The van der Waals surface area contributed by atoms with Crippen LogP contribution in [0.2, 0.25) is 0 Å². The Morgan fingerprint density at radius 1 is 1.33 bits per heavy atom. The van der Waals surface area contributed by atoms with E-state index in [1.807, 2.05) is 6.92 Å². The van der Waals surface area contributed by atoms with Crippen molar-refractivity contribution in [1.82, 2.24) is 4.90 Å². The zero-order valence-electron chi connectivity index (χ0n) is 8.76. The van der Waals surface area contributed by atoms with Gasteiger partial charge in [0.1, 0.15) is 0 Å². The monoisotopic (exact) mass is 171 g/mol. The van der Waals surface area contributed by atoms with Gasteiger partial charge in [0.15, 0.2) is 6.23 Å². The average Bonchev–Trinajstić information content (AvgIpc) is 2.04. The van der Waals surface area contributed by atoms with E-state index in [9.17, 15) is 0 Å². The number of nitrogens with zero attached hydrogens (tertiary/aromatic N) is 1. The Balaban J connectivity index is 4.01. The van der Waals surface area contributed by atoms with Crippen molar-refractivity contribution in [2.45, 2.75) is 40.3 Å². The summed E-state index contributed by atoms with van der Waals surface area (Å²) in [6, 6.07) is 0. The van der Waals surface area contributed by atoms with Crippen molar-refractivity contribution in [3.63, 3.8) is 0 Å². The number of rotatable bonds is 6. The highest BCUT2D eigenvalue weighted by Crippen LogP contribution is 2.08. The minimum absolute atomic E-state index is 0.206. The van der Waals surface area contributed by atoms with Crippen molar-refractivity contribution >= 4 is 0 Å². The Labute approximate surface area is 76.2 Å². The Bertz CT molecular complexity index is 130. The molecular weight excluding hydrogens is 150 g/mol. The van der Waals surface area contributed by atoms with Crippen LogP contribution >= 0.6 is 0 Å². The van der Waals surface area contributed by atoms with Crippen LogP contribution in [0, 0.1) is 0 Å². The molecule has 0 N–H and O–H groups in total. The molecule has 0 fully saturated rings. The zero-order valence-corrected chi connectivity index (χ0v) is 8.76. The zero-order chi connectivity index (χ0) is 9.56. The lowest BCUT2D eigenvalue weighted by Crippen LogP contribution is -2.36. The maximum Gasteiger partial charge on any atom is 0.151 e. The molecule has 72 valence electrons. The standard InChI is InChI=1S/C10H21NO/c1-6-10(12-9(4)5)11(7-2)8-3/h10H,4,6-8H2,1-3,5H3. The van der Waals surface area contributed by atoms with Crippen LogP contribution in [0.25, 0.3) is 0 Å². The summed E-state index contributed by atoms with van der Waals surface area (Å²) in [7, 11) is 0. The Morgan fingerprint density at radius 2 is 1.83 bits per heavy atom. The largest absolute Gasteiger partial charge is 0.480 e. The van der Waals surface area contributed by atoms with Crippen molar-refractivity contribution in [3.8, 4) is 0 Å². The number of ether oxygens (including phenoxy) is 1. The van der Waals surface area contributed by atoms with Gasteiger partial charge in [-0.05, 0) is 26.4 Å². The summed E-state index contributed by atoms with van der Waals surface area (Å²) in [5.41, 5.74) is 0. The Morgan fingerprint density at radius 3 is 2.08 bits per heavy atom. The SMILES string of the molecule is C=C(C)OC(CC)N(CC)CC. The minimum atomic E-state index is 0.206. The van der Waals surface area contributed by atoms with Gasteiger partial charge < -0.3 is 4.74 Å². The molecule has 1 atom stereocenters. The summed E-state index contributed by atoms with van der Waals surface area (Å²) in [4.78, 5) is 2.29. The van der Waals surface area contributed by atoms with Gasteiger partial charge >= 0.3 is 0 Å². The molecule has 2 nitrogen and oxygen atoms in total. The third-order valence-corrected chi connectivity index (χ3v) is 1.91. The highest BCUT2D eigenvalue weighted by atomic mass is 16.5. The second-order valence-electron chi connectivity index (χ2n) is 2.90. The van der Waals surface area contributed by atoms with Crippen LogP contribution in [-0.2, 0) is 4.74 Å². The van der Waals surface area contributed by atoms with Crippen LogP contribution in [0.15, 0.2) is 12.3 Å². The fourth-order valence-corrected chi connectivity index (χ4v) is 1.28. The molecule has 0 saturated heterocycles. The van der Waals surface area contributed by atoms with E-state index < -0.39 is 0 Å². The van der Waals surface area contributed by atoms with E-state index in [2.05, 4.69) is 32.3 Å². The molecule has 0 aliphatic carbocycles. The van der Waals surface area contributed by atoms with Gasteiger partial charge in [0.25, 0.3) is 0 Å². The van der Waals surface area contributed by atoms with Crippen LogP contribution in [0.4, 0.5) is 0 Å². The van der Waals surface area contributed by atoms with Gasteiger partial charge in [0.05, 0.1) is 5.76 Å². The maximum absolute atomic E-state index is 5.57. The van der Waals surface area contributed by atoms with Crippen LogP contribution in [0.3, 0.4) is 0 Å². The third kappa shape index (κ3) is 3.77. The lowest BCUT2D eigenvalue weighted by molar-refractivity contribution is -0.0186. The van der Waals surface area contributed by atoms with Gasteiger partial charge in [-0.1, -0.05) is 27.4 Å². The van der Waals surface area contributed by atoms with E-state index >= 15 is 0 Å². The third-order valence-electron chi connectivity index (χ3n) is 1.91. The van der Waals surface area contributed by atoms with Crippen LogP contribution in [-0.4, -0.2) is 24.2 Å². The van der Waals surface area contributed by atoms with E-state index in [0.717, 1.165) is 25.3 Å². The average molecular weight is 171 g/mol. The van der Waals surface area contributed by atoms with E-state index in [-0.39, 0.29) is 6.23 Å². The maximum atomic E-state index is 5.57. The summed E-state index contributed by atoms with van der Waals surface area (Å²) >= 11 is 0. The molecule has 0 saturated carbocycles. The van der Waals surface area contributed by atoms with E-state index in [4.69, 9.17) is 4.74 Å². The number of hydrogen-bond donors (Lipinski definition) is 0. The van der Waals surface area contributed by atoms with Gasteiger partial charge in [0.2, 0.25) is 0 Å². The normalized spacial score (nSPS) is 13.1. The molecule has 0 heterocycles. The van der Waals surface area contributed by atoms with Gasteiger partial charge in [-0.15, -0.1) is 0 Å². The Hall–Kier alpha value is -0.500. The van der Waals surface area contributed by atoms with Crippen molar-refractivity contribution in [2.24, 2.45) is 0 Å². The molecule has 0 aliphatic heterocycles. The summed E-state index contributed by atoms with van der Waals surface area (Å²) in [5, 5.41) is 0. The summed E-state index contributed by atoms with van der Waals surface area (Å²) < 4.78 is 5.57. The van der Waals surface area contributed by atoms with Crippen LogP contribution in [0.1, 0.15) is 34.1 Å². The molecule has 0 radical (unpaired) electrons. The highest BCUT2D eigenvalue weighted by Gasteiger charge is 2.13. The summed E-state index contributed by atoms with van der Waals surface area (Å²) in [5.74, 6) is 0.800. The van der Waals surface area contributed by atoms with Crippen molar-refractivity contribution in [1.29, 1.82) is 0 Å². The molecular formula is C10H21NO. The Kier molecular flexibility index (Phi) is 5.81. The molecule has 0 amide bonds. The predicted octanol–water partition coefficient (Wildman–Crippen LogP) is 2.61. The van der Waals surface area contributed by atoms with Crippen LogP contribution < -0.4 is 0 Å². The van der Waals surface area contributed by atoms with E-state index in [0.29, 0.717) is 0 Å². The van der Waals surface area contributed by atoms with Gasteiger partial charge in [0, 0.05) is 0 Å². The lowest BCUT2D eigenvalue weighted by atomic mass is 10.3. The predicted molar refractivity (Wildman–Crippen MR) is 52.9 cm³/mol. The fraction of sp³-hybridized carbons (Fsp3) is 0.800. The quantitative estimate of drug-likeness (QED) is 0.450. The van der Waals surface area contributed by atoms with Crippen molar-refractivity contribution in [2.75, 3.05) is 13.1 Å². The summed E-state index contributed by atoms with van der Waals surface area (Å²) in [6.45, 7) is 14.1. The molecule has 0 spiro atoms. The molecule has 0 aliphatic rings. The first-order chi connectivity index (χ1) is 5.65. The van der Waals surface area contributed by atoms with Crippen molar-refractivity contribution in [3.05, 3.63) is 12.3 Å². The van der Waals surface area contributed by atoms with E-state index in [1.165, 1.54) is 0 Å². The first-order valence-corrected chi connectivity index (χ1v) is 4.71. The number of hydrogen-bond acceptors (Lipinski definition) is 2. The number of allylic oxidation sites excluding steroid dienone is 1. The second-order valence-corrected chi connectivity index (χ2v) is 2.90. The topological polar surface area (TPSA) is 12.5 Å². The van der Waals surface area contributed by atoms with E-state index in [1.54, 1.807) is 0 Å². The smallest absolute Gasteiger partial charge is 0.151 e. The molecule has 0 aromatic rings. The molecule has 2 heteroatoms. The molecule has 12 heavy (non-hydrogen) atoms. The van der Waals surface area contributed by atoms with Gasteiger partial charge in [-0.2, -0.15) is 0 Å². The first-order valence-electron chi connectivity index (χ1n) is 4.71. The molecule has 1 unspecified atom stereocenters. The fourth-order valence-electron chi connectivity index (χ4n) is 1.28. The van der Waals surface area contributed by atoms with Gasteiger partial charge in [-0.25, -0.2) is 0 Å². The van der Waals surface area contributed by atoms with Gasteiger partial charge in [-0.3, -0.25) is 4.90 Å². The lowest BCUT2D eigenvalue weighted by Gasteiger charge is -2.29. The summed E-state index contributed by atoms with van der Waals surface area (Å²) in [6.07, 6.45) is 1.21. The second kappa shape index (κ2) is 6.06. The van der Waals surface area contributed by atoms with Crippen molar-refractivity contribution < 1.29 is 4.74 Å². The molecule has 0 aromatic heterocycles. The minimum Gasteiger partial charge on any atom is -0.480 e. The molecule has 0 bridgehead atoms.